The lowest BCUT2D eigenvalue weighted by Crippen LogP contribution is -1.95. The molecule has 2 aromatic rings. The van der Waals surface area contributed by atoms with E-state index in [1.54, 1.807) is 13.0 Å². The summed E-state index contributed by atoms with van der Waals surface area (Å²) in [5.74, 6) is 0.237. The van der Waals surface area contributed by atoms with Gasteiger partial charge < -0.3 is 4.52 Å². The lowest BCUT2D eigenvalue weighted by atomic mass is 10.0. The van der Waals surface area contributed by atoms with Crippen LogP contribution in [0.1, 0.15) is 46.0 Å². The van der Waals surface area contributed by atoms with Crippen molar-refractivity contribution in [2.45, 2.75) is 26.7 Å². The summed E-state index contributed by atoms with van der Waals surface area (Å²) in [5.41, 5.74) is 2.60. The van der Waals surface area contributed by atoms with Crippen molar-refractivity contribution >= 4 is 11.6 Å². The predicted octanol–water partition coefficient (Wildman–Crippen LogP) is 2.87. The van der Waals surface area contributed by atoms with E-state index in [0.29, 0.717) is 17.7 Å². The zero-order valence-electron chi connectivity index (χ0n) is 11.0. The number of rotatable bonds is 5. The molecule has 2 rings (SSSR count). The van der Waals surface area contributed by atoms with Crippen LogP contribution in [0.5, 0.6) is 0 Å². The SMILES string of the molecule is CC(=O)c1ccc(CCc2cc(C(C)=O)on2)cc1. The van der Waals surface area contributed by atoms with Crippen LogP contribution >= 0.6 is 0 Å². The fourth-order valence-electron chi connectivity index (χ4n) is 1.77. The van der Waals surface area contributed by atoms with Crippen LogP contribution in [0.2, 0.25) is 0 Å². The molecule has 0 amide bonds. The monoisotopic (exact) mass is 257 g/mol. The number of benzene rings is 1. The molecule has 1 aromatic heterocycles. The predicted molar refractivity (Wildman–Crippen MR) is 70.4 cm³/mol. The second-order valence-electron chi connectivity index (χ2n) is 4.49. The number of carbonyl (C=O) groups is 2. The van der Waals surface area contributed by atoms with E-state index in [1.165, 1.54) is 6.92 Å². The van der Waals surface area contributed by atoms with E-state index in [1.807, 2.05) is 24.3 Å². The molecular weight excluding hydrogens is 242 g/mol. The van der Waals surface area contributed by atoms with Crippen molar-refractivity contribution in [3.05, 3.63) is 52.9 Å². The molecule has 0 fully saturated rings. The van der Waals surface area contributed by atoms with Gasteiger partial charge in [0, 0.05) is 18.6 Å². The van der Waals surface area contributed by atoms with Crippen LogP contribution in [-0.2, 0) is 12.8 Å². The molecule has 0 N–H and O–H groups in total. The summed E-state index contributed by atoms with van der Waals surface area (Å²) in [6.45, 7) is 3.00. The first-order chi connectivity index (χ1) is 9.06. The molecule has 0 aliphatic carbocycles. The Bertz CT molecular complexity index is 596. The van der Waals surface area contributed by atoms with Crippen molar-refractivity contribution in [3.63, 3.8) is 0 Å². The molecule has 0 atom stereocenters. The average molecular weight is 257 g/mol. The average Bonchev–Trinajstić information content (AvgIpc) is 2.86. The van der Waals surface area contributed by atoms with Crippen LogP contribution in [0.4, 0.5) is 0 Å². The minimum atomic E-state index is -0.121. The van der Waals surface area contributed by atoms with Crippen molar-refractivity contribution < 1.29 is 14.1 Å². The van der Waals surface area contributed by atoms with E-state index >= 15 is 0 Å². The lowest BCUT2D eigenvalue weighted by Gasteiger charge is -2.00. The van der Waals surface area contributed by atoms with E-state index in [0.717, 1.165) is 17.7 Å². The first-order valence-corrected chi connectivity index (χ1v) is 6.12. The van der Waals surface area contributed by atoms with E-state index in [-0.39, 0.29) is 11.6 Å². The summed E-state index contributed by atoms with van der Waals surface area (Å²) in [6, 6.07) is 9.18. The zero-order chi connectivity index (χ0) is 13.8. The molecule has 19 heavy (non-hydrogen) atoms. The second kappa shape index (κ2) is 5.61. The Labute approximate surface area is 111 Å². The van der Waals surface area contributed by atoms with Gasteiger partial charge >= 0.3 is 0 Å². The van der Waals surface area contributed by atoms with Gasteiger partial charge in [0.2, 0.25) is 5.76 Å². The summed E-state index contributed by atoms with van der Waals surface area (Å²) in [4.78, 5) is 22.2. The van der Waals surface area contributed by atoms with Gasteiger partial charge in [-0.1, -0.05) is 29.4 Å². The lowest BCUT2D eigenvalue weighted by molar-refractivity contribution is 0.0976. The zero-order valence-corrected chi connectivity index (χ0v) is 11.0. The van der Waals surface area contributed by atoms with Crippen LogP contribution < -0.4 is 0 Å². The van der Waals surface area contributed by atoms with Crippen LogP contribution in [0.3, 0.4) is 0 Å². The normalized spacial score (nSPS) is 10.4. The highest BCUT2D eigenvalue weighted by Gasteiger charge is 2.08. The summed E-state index contributed by atoms with van der Waals surface area (Å²) in [7, 11) is 0. The fourth-order valence-corrected chi connectivity index (χ4v) is 1.77. The van der Waals surface area contributed by atoms with Crippen molar-refractivity contribution in [3.8, 4) is 0 Å². The van der Waals surface area contributed by atoms with E-state index < -0.39 is 0 Å². The number of carbonyl (C=O) groups excluding carboxylic acids is 2. The molecule has 0 aliphatic heterocycles. The second-order valence-corrected chi connectivity index (χ2v) is 4.49. The minimum Gasteiger partial charge on any atom is -0.353 e. The molecule has 98 valence electrons. The molecule has 0 bridgehead atoms. The molecule has 0 unspecified atom stereocenters. The summed E-state index contributed by atoms with van der Waals surface area (Å²) in [5, 5.41) is 3.85. The highest BCUT2D eigenvalue weighted by Crippen LogP contribution is 2.10. The van der Waals surface area contributed by atoms with Crippen LogP contribution in [0.15, 0.2) is 34.9 Å². The quantitative estimate of drug-likeness (QED) is 0.773. The highest BCUT2D eigenvalue weighted by molar-refractivity contribution is 5.94. The van der Waals surface area contributed by atoms with Gasteiger partial charge in [-0.25, -0.2) is 0 Å². The molecule has 1 aromatic carbocycles. The molecule has 0 aliphatic rings. The van der Waals surface area contributed by atoms with E-state index in [4.69, 9.17) is 4.52 Å². The Hall–Kier alpha value is -2.23. The van der Waals surface area contributed by atoms with Gasteiger partial charge in [-0.05, 0) is 25.3 Å². The maximum Gasteiger partial charge on any atom is 0.202 e. The molecule has 4 heteroatoms. The summed E-state index contributed by atoms with van der Waals surface area (Å²) in [6.07, 6.45) is 1.50. The number of nitrogens with zero attached hydrogens (tertiary/aromatic N) is 1. The Morgan fingerprint density at radius 3 is 2.26 bits per heavy atom. The van der Waals surface area contributed by atoms with Crippen molar-refractivity contribution in [2.24, 2.45) is 0 Å². The van der Waals surface area contributed by atoms with Gasteiger partial charge in [0.15, 0.2) is 11.6 Å². The number of hydrogen-bond donors (Lipinski definition) is 0. The number of aryl methyl sites for hydroxylation is 2. The van der Waals surface area contributed by atoms with E-state index in [9.17, 15) is 9.59 Å². The number of Topliss-reactive ketones (excluding diaryl/α,β-unsaturated/α-hetero) is 2. The number of ketones is 2. The van der Waals surface area contributed by atoms with Crippen molar-refractivity contribution in [1.82, 2.24) is 5.16 Å². The molecule has 1 heterocycles. The van der Waals surface area contributed by atoms with Gasteiger partial charge in [-0.3, -0.25) is 9.59 Å². The standard InChI is InChI=1S/C15H15NO3/c1-10(17)13-6-3-12(4-7-13)5-8-14-9-15(11(2)18)19-16-14/h3-4,6-7,9H,5,8H2,1-2H3. The number of hydrogen-bond acceptors (Lipinski definition) is 4. The summed E-state index contributed by atoms with van der Waals surface area (Å²) < 4.78 is 4.92. The topological polar surface area (TPSA) is 60.2 Å². The summed E-state index contributed by atoms with van der Waals surface area (Å²) >= 11 is 0. The van der Waals surface area contributed by atoms with Crippen LogP contribution in [0.25, 0.3) is 0 Å². The van der Waals surface area contributed by atoms with Gasteiger partial charge in [0.05, 0.1) is 5.69 Å². The third-order valence-electron chi connectivity index (χ3n) is 2.94. The third kappa shape index (κ3) is 3.37. The van der Waals surface area contributed by atoms with Crippen molar-refractivity contribution in [2.75, 3.05) is 0 Å². The Balaban J connectivity index is 1.97. The Morgan fingerprint density at radius 2 is 1.74 bits per heavy atom. The molecule has 0 saturated carbocycles. The van der Waals surface area contributed by atoms with E-state index in [2.05, 4.69) is 5.16 Å². The molecular formula is C15H15NO3. The van der Waals surface area contributed by atoms with Gasteiger partial charge in [-0.15, -0.1) is 0 Å². The largest absolute Gasteiger partial charge is 0.353 e. The maximum atomic E-state index is 11.1. The van der Waals surface area contributed by atoms with Crippen LogP contribution in [0, 0.1) is 0 Å². The fraction of sp³-hybridized carbons (Fsp3) is 0.267. The molecule has 4 nitrogen and oxygen atoms in total. The van der Waals surface area contributed by atoms with Crippen molar-refractivity contribution in [1.29, 1.82) is 0 Å². The highest BCUT2D eigenvalue weighted by atomic mass is 16.5. The van der Waals surface area contributed by atoms with Gasteiger partial charge in [-0.2, -0.15) is 0 Å². The Morgan fingerprint density at radius 1 is 1.05 bits per heavy atom. The van der Waals surface area contributed by atoms with Gasteiger partial charge in [0.25, 0.3) is 0 Å². The minimum absolute atomic E-state index is 0.0640. The molecule has 0 saturated heterocycles. The third-order valence-corrected chi connectivity index (χ3v) is 2.94. The molecule has 0 radical (unpaired) electrons. The van der Waals surface area contributed by atoms with Crippen LogP contribution in [-0.4, -0.2) is 16.7 Å². The number of aromatic nitrogens is 1. The molecule has 0 spiro atoms. The van der Waals surface area contributed by atoms with Gasteiger partial charge in [0.1, 0.15) is 0 Å². The first-order valence-electron chi connectivity index (χ1n) is 6.12. The smallest absolute Gasteiger partial charge is 0.202 e. The first kappa shape index (κ1) is 13.2. The Kier molecular flexibility index (Phi) is 3.90. The maximum absolute atomic E-state index is 11.1.